The number of carbonyl (C=O) groups is 1. The van der Waals surface area contributed by atoms with Crippen molar-refractivity contribution in [1.29, 1.82) is 0 Å². The number of hydrogen-bond acceptors (Lipinski definition) is 6. The van der Waals surface area contributed by atoms with Crippen LogP contribution in [0.2, 0.25) is 0 Å². The summed E-state index contributed by atoms with van der Waals surface area (Å²) in [4.78, 5) is 38.9. The summed E-state index contributed by atoms with van der Waals surface area (Å²) in [5.74, 6) is -0.256. The molecular formula is C15H14N6O3. The SMILES string of the molecule is Nc1ccc(C(=O)NCCn2c(=O)[nH]c3ccccc3c2=O)nn1. The molecule has 0 saturated carbocycles. The lowest BCUT2D eigenvalue weighted by molar-refractivity contribution is 0.0946. The number of para-hydroxylation sites is 1. The first-order valence-electron chi connectivity index (χ1n) is 7.15. The molecule has 0 unspecified atom stereocenters. The zero-order chi connectivity index (χ0) is 17.1. The van der Waals surface area contributed by atoms with Gasteiger partial charge in [0.05, 0.1) is 10.9 Å². The van der Waals surface area contributed by atoms with Crippen molar-refractivity contribution < 1.29 is 4.79 Å². The van der Waals surface area contributed by atoms with Crippen molar-refractivity contribution >= 4 is 22.6 Å². The van der Waals surface area contributed by atoms with Crippen molar-refractivity contribution in [2.75, 3.05) is 12.3 Å². The molecule has 0 radical (unpaired) electrons. The molecule has 4 N–H and O–H groups in total. The third kappa shape index (κ3) is 3.00. The maximum Gasteiger partial charge on any atom is 0.328 e. The van der Waals surface area contributed by atoms with Gasteiger partial charge in [-0.15, -0.1) is 10.2 Å². The second-order valence-electron chi connectivity index (χ2n) is 5.03. The van der Waals surface area contributed by atoms with Gasteiger partial charge in [0.25, 0.3) is 11.5 Å². The molecule has 2 heterocycles. The van der Waals surface area contributed by atoms with Gasteiger partial charge in [0, 0.05) is 13.1 Å². The van der Waals surface area contributed by atoms with Gasteiger partial charge in [-0.2, -0.15) is 0 Å². The van der Waals surface area contributed by atoms with Crippen molar-refractivity contribution in [2.45, 2.75) is 6.54 Å². The fraction of sp³-hybridized carbons (Fsp3) is 0.133. The first-order valence-corrected chi connectivity index (χ1v) is 7.15. The van der Waals surface area contributed by atoms with Gasteiger partial charge in [0.1, 0.15) is 5.82 Å². The summed E-state index contributed by atoms with van der Waals surface area (Å²) in [6.45, 7) is 0.124. The van der Waals surface area contributed by atoms with Gasteiger partial charge in [-0.25, -0.2) is 4.79 Å². The molecule has 0 aliphatic rings. The van der Waals surface area contributed by atoms with Crippen LogP contribution in [0.5, 0.6) is 0 Å². The highest BCUT2D eigenvalue weighted by Gasteiger charge is 2.09. The molecule has 0 bridgehead atoms. The molecule has 1 aromatic carbocycles. The summed E-state index contributed by atoms with van der Waals surface area (Å²) in [5.41, 5.74) is 5.04. The maximum atomic E-state index is 12.3. The standard InChI is InChI=1S/C15H14N6O3/c16-12-6-5-11(19-20-12)13(22)17-7-8-21-14(23)9-3-1-2-4-10(9)18-15(21)24/h1-6H,7-8H2,(H2,16,20)(H,17,22)(H,18,24). The third-order valence-corrected chi connectivity index (χ3v) is 3.43. The van der Waals surface area contributed by atoms with Gasteiger partial charge in [-0.3, -0.25) is 14.2 Å². The van der Waals surface area contributed by atoms with Crippen LogP contribution in [0.25, 0.3) is 10.9 Å². The number of nitrogens with one attached hydrogen (secondary N) is 2. The summed E-state index contributed by atoms with van der Waals surface area (Å²) in [5, 5.41) is 10.2. The molecule has 122 valence electrons. The van der Waals surface area contributed by atoms with Crippen LogP contribution < -0.4 is 22.3 Å². The molecule has 0 spiro atoms. The van der Waals surface area contributed by atoms with E-state index in [1.54, 1.807) is 24.3 Å². The predicted molar refractivity (Wildman–Crippen MR) is 87.6 cm³/mol. The van der Waals surface area contributed by atoms with Crippen molar-refractivity contribution in [2.24, 2.45) is 0 Å². The van der Waals surface area contributed by atoms with Crippen LogP contribution >= 0.6 is 0 Å². The quantitative estimate of drug-likeness (QED) is 0.591. The number of fused-ring (bicyclic) bond motifs is 1. The summed E-state index contributed by atoms with van der Waals surface area (Å²) < 4.78 is 1.04. The molecule has 1 amide bonds. The van der Waals surface area contributed by atoms with E-state index < -0.39 is 17.2 Å². The average molecular weight is 326 g/mol. The Morgan fingerprint density at radius 1 is 1.17 bits per heavy atom. The smallest absolute Gasteiger partial charge is 0.328 e. The normalized spacial score (nSPS) is 10.7. The number of nitrogen functional groups attached to an aromatic ring is 1. The highest BCUT2D eigenvalue weighted by Crippen LogP contribution is 2.02. The summed E-state index contributed by atoms with van der Waals surface area (Å²) >= 11 is 0. The van der Waals surface area contributed by atoms with Crippen molar-refractivity contribution in [3.8, 4) is 0 Å². The molecule has 3 aromatic rings. The number of aromatic nitrogens is 4. The van der Waals surface area contributed by atoms with E-state index in [4.69, 9.17) is 5.73 Å². The molecule has 0 saturated heterocycles. The topological polar surface area (TPSA) is 136 Å². The Balaban J connectivity index is 1.74. The average Bonchev–Trinajstić information content (AvgIpc) is 2.58. The molecule has 9 nitrogen and oxygen atoms in total. The molecule has 9 heteroatoms. The number of carbonyl (C=O) groups excluding carboxylic acids is 1. The zero-order valence-electron chi connectivity index (χ0n) is 12.5. The fourth-order valence-corrected chi connectivity index (χ4v) is 2.24. The van der Waals surface area contributed by atoms with Gasteiger partial charge < -0.3 is 16.0 Å². The second kappa shape index (κ2) is 6.32. The summed E-state index contributed by atoms with van der Waals surface area (Å²) in [7, 11) is 0. The predicted octanol–water partition coefficient (Wildman–Crippen LogP) is -0.508. The third-order valence-electron chi connectivity index (χ3n) is 3.43. The van der Waals surface area contributed by atoms with Gasteiger partial charge in [-0.05, 0) is 24.3 Å². The van der Waals surface area contributed by atoms with E-state index in [0.717, 1.165) is 4.57 Å². The van der Waals surface area contributed by atoms with Crippen molar-refractivity contribution in [1.82, 2.24) is 25.1 Å². The number of amides is 1. The van der Waals surface area contributed by atoms with Gasteiger partial charge in [-0.1, -0.05) is 12.1 Å². The van der Waals surface area contributed by atoms with Crippen LogP contribution in [-0.4, -0.2) is 32.2 Å². The van der Waals surface area contributed by atoms with Gasteiger partial charge >= 0.3 is 5.69 Å². The van der Waals surface area contributed by atoms with E-state index in [-0.39, 0.29) is 24.6 Å². The van der Waals surface area contributed by atoms with E-state index in [1.165, 1.54) is 12.1 Å². The molecule has 0 aliphatic carbocycles. The van der Waals surface area contributed by atoms with E-state index in [2.05, 4.69) is 20.5 Å². The lowest BCUT2D eigenvalue weighted by Crippen LogP contribution is -2.39. The number of benzene rings is 1. The number of aromatic amines is 1. The Kier molecular flexibility index (Phi) is 4.06. The highest BCUT2D eigenvalue weighted by molar-refractivity contribution is 5.92. The van der Waals surface area contributed by atoms with E-state index in [0.29, 0.717) is 10.9 Å². The molecule has 0 atom stereocenters. The molecular weight excluding hydrogens is 312 g/mol. The Labute approximate surface area is 135 Å². The molecule has 0 aliphatic heterocycles. The summed E-state index contributed by atoms with van der Waals surface area (Å²) in [6, 6.07) is 9.63. The second-order valence-corrected chi connectivity index (χ2v) is 5.03. The van der Waals surface area contributed by atoms with E-state index in [9.17, 15) is 14.4 Å². The van der Waals surface area contributed by atoms with Crippen LogP contribution in [0.15, 0.2) is 46.0 Å². The Bertz CT molecular complexity index is 1010. The number of hydrogen-bond donors (Lipinski definition) is 3. The van der Waals surface area contributed by atoms with Crippen molar-refractivity contribution in [3.05, 3.63) is 62.9 Å². The minimum atomic E-state index is -0.528. The van der Waals surface area contributed by atoms with Crippen LogP contribution in [0.1, 0.15) is 10.5 Å². The molecule has 24 heavy (non-hydrogen) atoms. The zero-order valence-corrected chi connectivity index (χ0v) is 12.5. The minimum absolute atomic E-state index is 0.0349. The summed E-state index contributed by atoms with van der Waals surface area (Å²) in [6.07, 6.45) is 0. The molecule has 3 rings (SSSR count). The Hall–Kier alpha value is -3.49. The molecule has 2 aromatic heterocycles. The maximum absolute atomic E-state index is 12.3. The largest absolute Gasteiger partial charge is 0.382 e. The van der Waals surface area contributed by atoms with Crippen LogP contribution in [0.4, 0.5) is 5.82 Å². The van der Waals surface area contributed by atoms with E-state index >= 15 is 0 Å². The number of H-pyrrole nitrogens is 1. The monoisotopic (exact) mass is 326 g/mol. The van der Waals surface area contributed by atoms with Crippen molar-refractivity contribution in [3.63, 3.8) is 0 Å². The minimum Gasteiger partial charge on any atom is -0.382 e. The molecule has 0 fully saturated rings. The number of nitrogens with zero attached hydrogens (tertiary/aromatic N) is 3. The van der Waals surface area contributed by atoms with Crippen LogP contribution in [0.3, 0.4) is 0 Å². The van der Waals surface area contributed by atoms with Crippen LogP contribution in [-0.2, 0) is 6.54 Å². The lowest BCUT2D eigenvalue weighted by atomic mass is 10.2. The van der Waals surface area contributed by atoms with Gasteiger partial charge in [0.2, 0.25) is 0 Å². The van der Waals surface area contributed by atoms with Crippen LogP contribution in [0, 0.1) is 0 Å². The highest BCUT2D eigenvalue weighted by atomic mass is 16.2. The van der Waals surface area contributed by atoms with E-state index in [1.807, 2.05) is 0 Å². The first-order chi connectivity index (χ1) is 11.6. The van der Waals surface area contributed by atoms with Gasteiger partial charge in [0.15, 0.2) is 5.69 Å². The number of rotatable bonds is 4. The fourth-order valence-electron chi connectivity index (χ4n) is 2.24. The number of nitrogens with two attached hydrogens (primary N) is 1. The first kappa shape index (κ1) is 15.4. The number of anilines is 1. The lowest BCUT2D eigenvalue weighted by Gasteiger charge is -2.07. The Morgan fingerprint density at radius 3 is 2.71 bits per heavy atom. The Morgan fingerprint density at radius 2 is 1.96 bits per heavy atom.